The molecule has 0 spiro atoms. The molecule has 0 heterocycles. The second-order valence-corrected chi connectivity index (χ2v) is 8.03. The molecule has 0 aromatic heterocycles. The van der Waals surface area contributed by atoms with Crippen molar-refractivity contribution in [2.75, 3.05) is 13.2 Å². The van der Waals surface area contributed by atoms with E-state index in [0.717, 1.165) is 34.7 Å². The molecule has 1 unspecified atom stereocenters. The van der Waals surface area contributed by atoms with Crippen LogP contribution in [0.1, 0.15) is 37.8 Å². The highest BCUT2D eigenvalue weighted by Crippen LogP contribution is 2.25. The van der Waals surface area contributed by atoms with Gasteiger partial charge in [-0.15, -0.1) is 0 Å². The summed E-state index contributed by atoms with van der Waals surface area (Å²) < 4.78 is 5.94. The summed E-state index contributed by atoms with van der Waals surface area (Å²) in [6.07, 6.45) is 1.91. The van der Waals surface area contributed by atoms with Gasteiger partial charge in [-0.05, 0) is 42.8 Å². The summed E-state index contributed by atoms with van der Waals surface area (Å²) in [5, 5.41) is 4.95. The Bertz CT molecular complexity index is 1060. The van der Waals surface area contributed by atoms with Crippen LogP contribution in [-0.4, -0.2) is 35.9 Å². The van der Waals surface area contributed by atoms with Crippen LogP contribution in [-0.2, 0) is 16.1 Å². The summed E-state index contributed by atoms with van der Waals surface area (Å²) in [5.41, 5.74) is 2.10. The monoisotopic (exact) mass is 432 g/mol. The van der Waals surface area contributed by atoms with Crippen LogP contribution in [0, 0.1) is 6.92 Å². The van der Waals surface area contributed by atoms with E-state index in [0.29, 0.717) is 18.8 Å². The van der Waals surface area contributed by atoms with Crippen LogP contribution in [0.25, 0.3) is 10.8 Å². The number of carbonyl (C=O) groups is 2. The lowest BCUT2D eigenvalue weighted by Crippen LogP contribution is -2.49. The molecule has 1 atom stereocenters. The van der Waals surface area contributed by atoms with Gasteiger partial charge in [0, 0.05) is 18.5 Å². The molecule has 0 saturated heterocycles. The largest absolute Gasteiger partial charge is 0.483 e. The number of unbranched alkanes of at least 4 members (excludes halogenated alkanes) is 1. The minimum atomic E-state index is -0.602. The maximum absolute atomic E-state index is 13.3. The molecule has 0 aliphatic rings. The highest BCUT2D eigenvalue weighted by atomic mass is 16.5. The lowest BCUT2D eigenvalue weighted by Gasteiger charge is -2.29. The molecular weight excluding hydrogens is 400 g/mol. The number of nitrogens with one attached hydrogen (secondary N) is 1. The summed E-state index contributed by atoms with van der Waals surface area (Å²) >= 11 is 0. The van der Waals surface area contributed by atoms with E-state index in [1.54, 1.807) is 11.8 Å². The van der Waals surface area contributed by atoms with Gasteiger partial charge in [0.2, 0.25) is 5.91 Å². The Balaban J connectivity index is 1.77. The Morgan fingerprint density at radius 3 is 2.50 bits per heavy atom. The molecule has 5 heteroatoms. The molecule has 1 N–H and O–H groups in total. The third-order valence-electron chi connectivity index (χ3n) is 5.70. The number of carbonyl (C=O) groups excluding carboxylic acids is 2. The summed E-state index contributed by atoms with van der Waals surface area (Å²) in [4.78, 5) is 27.6. The average Bonchev–Trinajstić information content (AvgIpc) is 2.81. The lowest BCUT2D eigenvalue weighted by molar-refractivity contribution is -0.142. The van der Waals surface area contributed by atoms with E-state index < -0.39 is 6.04 Å². The molecule has 2 amide bonds. The first-order valence-electron chi connectivity index (χ1n) is 11.2. The minimum Gasteiger partial charge on any atom is -0.483 e. The molecule has 0 saturated carbocycles. The molecule has 0 aliphatic carbocycles. The third-order valence-corrected chi connectivity index (χ3v) is 5.70. The van der Waals surface area contributed by atoms with Gasteiger partial charge in [0.25, 0.3) is 5.91 Å². The first-order valence-corrected chi connectivity index (χ1v) is 11.2. The predicted octanol–water partition coefficient (Wildman–Crippen LogP) is 4.86. The number of fused-ring (bicyclic) bond motifs is 1. The first-order chi connectivity index (χ1) is 15.5. The van der Waals surface area contributed by atoms with Crippen molar-refractivity contribution in [2.24, 2.45) is 0 Å². The number of aryl methyl sites for hydroxylation is 1. The second-order valence-electron chi connectivity index (χ2n) is 8.03. The highest BCUT2D eigenvalue weighted by Gasteiger charge is 2.26. The van der Waals surface area contributed by atoms with Crippen molar-refractivity contribution in [3.05, 3.63) is 77.9 Å². The molecule has 32 heavy (non-hydrogen) atoms. The molecule has 0 radical (unpaired) electrons. The number of benzene rings is 3. The minimum absolute atomic E-state index is 0.132. The number of hydrogen-bond acceptors (Lipinski definition) is 3. The Morgan fingerprint density at radius 2 is 1.72 bits per heavy atom. The average molecular weight is 433 g/mol. The summed E-state index contributed by atoms with van der Waals surface area (Å²) in [5.74, 6) is 0.289. The van der Waals surface area contributed by atoms with Gasteiger partial charge in [0.1, 0.15) is 11.8 Å². The smallest absolute Gasteiger partial charge is 0.261 e. The maximum Gasteiger partial charge on any atom is 0.261 e. The van der Waals surface area contributed by atoms with Crippen LogP contribution in [0.4, 0.5) is 0 Å². The predicted molar refractivity (Wildman–Crippen MR) is 129 cm³/mol. The van der Waals surface area contributed by atoms with E-state index in [4.69, 9.17) is 4.74 Å². The second kappa shape index (κ2) is 11.3. The van der Waals surface area contributed by atoms with Crippen LogP contribution in [0.2, 0.25) is 0 Å². The van der Waals surface area contributed by atoms with Crippen molar-refractivity contribution >= 4 is 22.6 Å². The van der Waals surface area contributed by atoms with Crippen molar-refractivity contribution in [3.63, 3.8) is 0 Å². The van der Waals surface area contributed by atoms with Crippen molar-refractivity contribution in [3.8, 4) is 5.75 Å². The molecule has 3 aromatic rings. The van der Waals surface area contributed by atoms with E-state index in [9.17, 15) is 9.59 Å². The fourth-order valence-electron chi connectivity index (χ4n) is 3.63. The molecule has 0 aliphatic heterocycles. The fraction of sp³-hybridized carbons (Fsp3) is 0.333. The van der Waals surface area contributed by atoms with Crippen LogP contribution in [0.3, 0.4) is 0 Å². The highest BCUT2D eigenvalue weighted by molar-refractivity contribution is 5.90. The van der Waals surface area contributed by atoms with Crippen molar-refractivity contribution in [1.82, 2.24) is 10.2 Å². The molecular formula is C27H32N2O3. The molecule has 5 nitrogen and oxygen atoms in total. The lowest BCUT2D eigenvalue weighted by atomic mass is 10.1. The normalized spacial score (nSPS) is 11.7. The number of rotatable bonds is 10. The van der Waals surface area contributed by atoms with E-state index in [1.807, 2.05) is 73.7 Å². The van der Waals surface area contributed by atoms with Gasteiger partial charge in [-0.1, -0.05) is 74.0 Å². The fourth-order valence-corrected chi connectivity index (χ4v) is 3.63. The van der Waals surface area contributed by atoms with Crippen molar-refractivity contribution in [1.29, 1.82) is 0 Å². The molecule has 0 bridgehead atoms. The Kier molecular flexibility index (Phi) is 8.26. The summed E-state index contributed by atoms with van der Waals surface area (Å²) in [6.45, 7) is 6.69. The molecule has 168 valence electrons. The Labute approximate surface area is 190 Å². The van der Waals surface area contributed by atoms with Gasteiger partial charge in [-0.2, -0.15) is 0 Å². The maximum atomic E-state index is 13.3. The van der Waals surface area contributed by atoms with E-state index >= 15 is 0 Å². The van der Waals surface area contributed by atoms with Crippen LogP contribution in [0.15, 0.2) is 66.7 Å². The van der Waals surface area contributed by atoms with Crippen molar-refractivity contribution in [2.45, 2.75) is 46.2 Å². The number of hydrogen-bond donors (Lipinski definition) is 1. The van der Waals surface area contributed by atoms with E-state index in [2.05, 4.69) is 12.2 Å². The van der Waals surface area contributed by atoms with Crippen LogP contribution >= 0.6 is 0 Å². The van der Waals surface area contributed by atoms with Gasteiger partial charge in [-0.3, -0.25) is 9.59 Å². The zero-order valence-corrected chi connectivity index (χ0v) is 19.1. The van der Waals surface area contributed by atoms with E-state index in [-0.39, 0.29) is 18.4 Å². The zero-order valence-electron chi connectivity index (χ0n) is 19.1. The quantitative estimate of drug-likeness (QED) is 0.466. The SMILES string of the molecule is CCCCNC(=O)C(C)N(Cc1ccccc1C)C(=O)COc1cccc2ccccc12. The van der Waals surface area contributed by atoms with Crippen LogP contribution < -0.4 is 10.1 Å². The first kappa shape index (κ1) is 23.3. The number of ether oxygens (including phenoxy) is 1. The molecule has 3 rings (SSSR count). The Hall–Kier alpha value is -3.34. The zero-order chi connectivity index (χ0) is 22.9. The van der Waals surface area contributed by atoms with Gasteiger partial charge < -0.3 is 15.0 Å². The number of nitrogens with zero attached hydrogens (tertiary/aromatic N) is 1. The van der Waals surface area contributed by atoms with Crippen LogP contribution in [0.5, 0.6) is 5.75 Å². The van der Waals surface area contributed by atoms with Crippen molar-refractivity contribution < 1.29 is 14.3 Å². The summed E-state index contributed by atoms with van der Waals surface area (Å²) in [7, 11) is 0. The van der Waals surface area contributed by atoms with Gasteiger partial charge in [0.05, 0.1) is 0 Å². The molecule has 0 fully saturated rings. The van der Waals surface area contributed by atoms with Gasteiger partial charge in [0.15, 0.2) is 6.61 Å². The Morgan fingerprint density at radius 1 is 1.00 bits per heavy atom. The molecule has 3 aromatic carbocycles. The standard InChI is InChI=1S/C27H32N2O3/c1-4-5-17-28-27(31)21(3)29(18-23-13-7-6-11-20(23)2)26(30)19-32-25-16-10-14-22-12-8-9-15-24(22)25/h6-16,21H,4-5,17-19H2,1-3H3,(H,28,31). The topological polar surface area (TPSA) is 58.6 Å². The van der Waals surface area contributed by atoms with Gasteiger partial charge in [-0.25, -0.2) is 0 Å². The summed E-state index contributed by atoms with van der Waals surface area (Å²) in [6, 6.07) is 21.0. The third kappa shape index (κ3) is 5.88. The van der Waals surface area contributed by atoms with E-state index in [1.165, 1.54) is 0 Å². The number of amides is 2. The van der Waals surface area contributed by atoms with Gasteiger partial charge >= 0.3 is 0 Å².